The van der Waals surface area contributed by atoms with E-state index in [2.05, 4.69) is 10.6 Å². The van der Waals surface area contributed by atoms with Gasteiger partial charge in [0, 0.05) is 24.8 Å². The quantitative estimate of drug-likeness (QED) is 0.602. The van der Waals surface area contributed by atoms with Crippen LogP contribution in [0.1, 0.15) is 36.8 Å². The summed E-state index contributed by atoms with van der Waals surface area (Å²) in [6.07, 6.45) is 2.84. The molecule has 2 amide bonds. The van der Waals surface area contributed by atoms with E-state index in [0.717, 1.165) is 24.0 Å². The van der Waals surface area contributed by atoms with Crippen LogP contribution in [0.5, 0.6) is 5.75 Å². The maximum absolute atomic E-state index is 13.2. The van der Waals surface area contributed by atoms with Crippen molar-refractivity contribution >= 4 is 27.5 Å². The highest BCUT2D eigenvalue weighted by atomic mass is 32.2. The van der Waals surface area contributed by atoms with Gasteiger partial charge in [-0.3, -0.25) is 9.59 Å². The normalized spacial score (nSPS) is 16.8. The lowest BCUT2D eigenvalue weighted by atomic mass is 10.0. The standard InChI is InChI=1S/C24H31N3O5S/c1-17-7-12-22(18(2)16-17)26-24(29)23(28)25-14-13-19-6-4-5-15-27(19)33(30,31)21-10-8-20(32-3)9-11-21/h7-12,16,19H,4-6,13-15H2,1-3H3,(H,25,28)(H,26,29)/t19-/m1/s1. The number of hydrogen-bond acceptors (Lipinski definition) is 5. The Morgan fingerprint density at radius 3 is 2.45 bits per heavy atom. The smallest absolute Gasteiger partial charge is 0.313 e. The summed E-state index contributed by atoms with van der Waals surface area (Å²) >= 11 is 0. The Morgan fingerprint density at radius 2 is 1.79 bits per heavy atom. The van der Waals surface area contributed by atoms with Gasteiger partial charge in [0.1, 0.15) is 5.75 Å². The largest absolute Gasteiger partial charge is 0.497 e. The topological polar surface area (TPSA) is 105 Å². The van der Waals surface area contributed by atoms with Crippen LogP contribution in [0.2, 0.25) is 0 Å². The summed E-state index contributed by atoms with van der Waals surface area (Å²) in [5.41, 5.74) is 2.53. The molecule has 0 saturated carbocycles. The zero-order valence-electron chi connectivity index (χ0n) is 19.3. The number of methoxy groups -OCH3 is 1. The maximum atomic E-state index is 13.2. The van der Waals surface area contributed by atoms with Gasteiger partial charge in [-0.1, -0.05) is 24.1 Å². The second-order valence-corrected chi connectivity index (χ2v) is 10.1. The highest BCUT2D eigenvalue weighted by Crippen LogP contribution is 2.28. The van der Waals surface area contributed by atoms with Gasteiger partial charge in [0.15, 0.2) is 0 Å². The number of nitrogens with zero attached hydrogens (tertiary/aromatic N) is 1. The molecule has 178 valence electrons. The van der Waals surface area contributed by atoms with E-state index >= 15 is 0 Å². The summed E-state index contributed by atoms with van der Waals surface area (Å²) in [6, 6.07) is 11.6. The zero-order valence-corrected chi connectivity index (χ0v) is 20.1. The van der Waals surface area contributed by atoms with E-state index in [-0.39, 0.29) is 17.5 Å². The summed E-state index contributed by atoms with van der Waals surface area (Å²) < 4.78 is 33.0. The van der Waals surface area contributed by atoms with Gasteiger partial charge in [-0.05, 0) is 69.0 Å². The van der Waals surface area contributed by atoms with Gasteiger partial charge in [-0.2, -0.15) is 4.31 Å². The molecule has 2 aromatic rings. The van der Waals surface area contributed by atoms with E-state index in [0.29, 0.717) is 30.8 Å². The minimum Gasteiger partial charge on any atom is -0.497 e. The van der Waals surface area contributed by atoms with Crippen molar-refractivity contribution in [2.75, 3.05) is 25.5 Å². The zero-order chi connectivity index (χ0) is 24.0. The number of hydrogen-bond donors (Lipinski definition) is 2. The fourth-order valence-electron chi connectivity index (χ4n) is 4.03. The maximum Gasteiger partial charge on any atom is 0.313 e. The van der Waals surface area contributed by atoms with Crippen molar-refractivity contribution in [3.05, 3.63) is 53.6 Å². The number of sulfonamides is 1. The van der Waals surface area contributed by atoms with E-state index in [4.69, 9.17) is 4.74 Å². The van der Waals surface area contributed by atoms with Crippen molar-refractivity contribution in [1.82, 2.24) is 9.62 Å². The lowest BCUT2D eigenvalue weighted by Gasteiger charge is -2.34. The Morgan fingerprint density at radius 1 is 1.06 bits per heavy atom. The summed E-state index contributed by atoms with van der Waals surface area (Å²) in [6.45, 7) is 4.45. The van der Waals surface area contributed by atoms with Gasteiger partial charge < -0.3 is 15.4 Å². The molecule has 33 heavy (non-hydrogen) atoms. The number of anilines is 1. The molecule has 0 bridgehead atoms. The van der Waals surface area contributed by atoms with Gasteiger partial charge in [0.25, 0.3) is 0 Å². The van der Waals surface area contributed by atoms with Crippen LogP contribution in [0.15, 0.2) is 47.4 Å². The molecule has 1 fully saturated rings. The lowest BCUT2D eigenvalue weighted by molar-refractivity contribution is -0.136. The van der Waals surface area contributed by atoms with Crippen molar-refractivity contribution in [3.8, 4) is 5.75 Å². The molecule has 0 aliphatic carbocycles. The molecule has 1 aliphatic heterocycles. The lowest BCUT2D eigenvalue weighted by Crippen LogP contribution is -2.45. The van der Waals surface area contributed by atoms with Crippen LogP contribution in [0.4, 0.5) is 5.69 Å². The van der Waals surface area contributed by atoms with Crippen LogP contribution >= 0.6 is 0 Å². The number of nitrogens with one attached hydrogen (secondary N) is 2. The van der Waals surface area contributed by atoms with Crippen molar-refractivity contribution < 1.29 is 22.7 Å². The third-order valence-corrected chi connectivity index (χ3v) is 7.80. The van der Waals surface area contributed by atoms with Crippen LogP contribution in [0.3, 0.4) is 0 Å². The highest BCUT2D eigenvalue weighted by molar-refractivity contribution is 7.89. The van der Waals surface area contributed by atoms with E-state index in [1.807, 2.05) is 26.0 Å². The average molecular weight is 474 g/mol. The molecule has 1 saturated heterocycles. The molecule has 2 N–H and O–H groups in total. The first kappa shape index (κ1) is 24.7. The van der Waals surface area contributed by atoms with Gasteiger partial charge in [-0.25, -0.2) is 8.42 Å². The number of rotatable bonds is 7. The molecule has 0 aromatic heterocycles. The fraction of sp³-hybridized carbons (Fsp3) is 0.417. The monoisotopic (exact) mass is 473 g/mol. The van der Waals surface area contributed by atoms with Gasteiger partial charge in [0.05, 0.1) is 12.0 Å². The second-order valence-electron chi connectivity index (χ2n) is 8.26. The molecule has 0 unspecified atom stereocenters. The van der Waals surface area contributed by atoms with Gasteiger partial charge in [0.2, 0.25) is 10.0 Å². The summed E-state index contributed by atoms with van der Waals surface area (Å²) in [7, 11) is -2.14. The first-order valence-electron chi connectivity index (χ1n) is 11.0. The van der Waals surface area contributed by atoms with E-state index in [9.17, 15) is 18.0 Å². The van der Waals surface area contributed by atoms with Crippen LogP contribution < -0.4 is 15.4 Å². The molecule has 3 rings (SSSR count). The summed E-state index contributed by atoms with van der Waals surface area (Å²) in [5.74, 6) is -0.894. The van der Waals surface area contributed by atoms with Crippen LogP contribution in [-0.4, -0.2) is 50.8 Å². The first-order chi connectivity index (χ1) is 15.7. The first-order valence-corrected chi connectivity index (χ1v) is 12.5. The fourth-order valence-corrected chi connectivity index (χ4v) is 5.75. The molecule has 2 aromatic carbocycles. The predicted molar refractivity (Wildman–Crippen MR) is 127 cm³/mol. The minimum atomic E-state index is -3.67. The number of aryl methyl sites for hydroxylation is 2. The van der Waals surface area contributed by atoms with E-state index in [1.54, 1.807) is 30.3 Å². The van der Waals surface area contributed by atoms with Crippen molar-refractivity contribution in [2.45, 2.75) is 50.5 Å². The predicted octanol–water partition coefficient (Wildman–Crippen LogP) is 3.00. The molecule has 8 nitrogen and oxygen atoms in total. The third-order valence-electron chi connectivity index (χ3n) is 5.84. The number of benzene rings is 2. The Balaban J connectivity index is 1.58. The average Bonchev–Trinajstić information content (AvgIpc) is 2.81. The molecular weight excluding hydrogens is 442 g/mol. The number of carbonyl (C=O) groups excluding carboxylic acids is 2. The van der Waals surface area contributed by atoms with E-state index in [1.165, 1.54) is 11.4 Å². The Bertz CT molecular complexity index is 1100. The van der Waals surface area contributed by atoms with Crippen LogP contribution in [0, 0.1) is 13.8 Å². The number of amides is 2. The molecule has 0 spiro atoms. The highest BCUT2D eigenvalue weighted by Gasteiger charge is 2.33. The minimum absolute atomic E-state index is 0.207. The van der Waals surface area contributed by atoms with Gasteiger partial charge >= 0.3 is 11.8 Å². The molecule has 0 radical (unpaired) electrons. The number of piperidine rings is 1. The number of carbonyl (C=O) groups is 2. The Labute approximate surface area is 195 Å². The van der Waals surface area contributed by atoms with Crippen molar-refractivity contribution in [2.24, 2.45) is 0 Å². The summed E-state index contributed by atoms with van der Waals surface area (Å²) in [5, 5.41) is 5.24. The second kappa shape index (κ2) is 10.8. The molecule has 1 atom stereocenters. The number of ether oxygens (including phenoxy) is 1. The van der Waals surface area contributed by atoms with Gasteiger partial charge in [-0.15, -0.1) is 0 Å². The van der Waals surface area contributed by atoms with Crippen LogP contribution in [0.25, 0.3) is 0 Å². The van der Waals surface area contributed by atoms with Crippen molar-refractivity contribution in [1.29, 1.82) is 0 Å². The molecule has 1 heterocycles. The third kappa shape index (κ3) is 6.11. The SMILES string of the molecule is COc1ccc(S(=O)(=O)N2CCCC[C@@H]2CCNC(=O)C(=O)Nc2ccc(C)cc2C)cc1. The Kier molecular flexibility index (Phi) is 8.10. The molecule has 1 aliphatic rings. The Hall–Kier alpha value is -2.91. The molecular formula is C24H31N3O5S. The molecule has 9 heteroatoms. The summed E-state index contributed by atoms with van der Waals surface area (Å²) in [4.78, 5) is 24.7. The van der Waals surface area contributed by atoms with Crippen LogP contribution in [-0.2, 0) is 19.6 Å². The van der Waals surface area contributed by atoms with Crippen molar-refractivity contribution in [3.63, 3.8) is 0 Å². The van der Waals surface area contributed by atoms with E-state index < -0.39 is 21.8 Å².